The van der Waals surface area contributed by atoms with Crippen LogP contribution in [-0.2, 0) is 9.59 Å². The number of likely N-dealkylation sites (tertiary alicyclic amines) is 1. The molecule has 1 fully saturated rings. The SMILES string of the molecule is COc1ccc([C@H]2/C(=C(\O)c3ccc(Cl)cc3)C(=O)C(=O)N2CCCN(C)C)cc1. The maximum atomic E-state index is 12.9. The summed E-state index contributed by atoms with van der Waals surface area (Å²) in [5.41, 5.74) is 1.25. The second-order valence-electron chi connectivity index (χ2n) is 7.43. The van der Waals surface area contributed by atoms with Crippen molar-refractivity contribution in [3.05, 3.63) is 70.3 Å². The van der Waals surface area contributed by atoms with E-state index in [4.69, 9.17) is 16.3 Å². The summed E-state index contributed by atoms with van der Waals surface area (Å²) in [5.74, 6) is -0.833. The van der Waals surface area contributed by atoms with E-state index in [1.54, 1.807) is 43.5 Å². The van der Waals surface area contributed by atoms with Crippen LogP contribution in [0.5, 0.6) is 5.75 Å². The lowest BCUT2D eigenvalue weighted by Gasteiger charge is -2.26. The van der Waals surface area contributed by atoms with Gasteiger partial charge < -0.3 is 19.6 Å². The van der Waals surface area contributed by atoms with Gasteiger partial charge in [0.2, 0.25) is 0 Å². The van der Waals surface area contributed by atoms with Crippen LogP contribution in [0, 0.1) is 0 Å². The molecule has 1 heterocycles. The minimum atomic E-state index is -0.687. The molecular formula is C23H25ClN2O4. The number of nitrogens with zero attached hydrogens (tertiary/aromatic N) is 2. The van der Waals surface area contributed by atoms with Gasteiger partial charge in [0, 0.05) is 17.1 Å². The van der Waals surface area contributed by atoms with Crippen molar-refractivity contribution in [2.75, 3.05) is 34.3 Å². The minimum Gasteiger partial charge on any atom is -0.507 e. The summed E-state index contributed by atoms with van der Waals surface area (Å²) in [6, 6.07) is 13.0. The first-order valence-electron chi connectivity index (χ1n) is 9.66. The van der Waals surface area contributed by atoms with Gasteiger partial charge in [-0.25, -0.2) is 0 Å². The normalized spacial score (nSPS) is 18.3. The number of hydrogen-bond acceptors (Lipinski definition) is 5. The molecule has 3 rings (SSSR count). The van der Waals surface area contributed by atoms with Gasteiger partial charge in [-0.2, -0.15) is 0 Å². The summed E-state index contributed by atoms with van der Waals surface area (Å²) < 4.78 is 5.22. The molecule has 0 unspecified atom stereocenters. The quantitative estimate of drug-likeness (QED) is 0.413. The standard InChI is InChI=1S/C23H25ClN2O4/c1-25(2)13-4-14-26-20(15-7-11-18(30-3)12-8-15)19(22(28)23(26)29)21(27)16-5-9-17(24)10-6-16/h5-12,20,27H,4,13-14H2,1-3H3/b21-19+/t20-/m0/s1. The van der Waals surface area contributed by atoms with Gasteiger partial charge in [-0.15, -0.1) is 0 Å². The fourth-order valence-corrected chi connectivity index (χ4v) is 3.69. The first kappa shape index (κ1) is 21.9. The third-order valence-electron chi connectivity index (χ3n) is 5.09. The van der Waals surface area contributed by atoms with E-state index >= 15 is 0 Å². The topological polar surface area (TPSA) is 70.1 Å². The summed E-state index contributed by atoms with van der Waals surface area (Å²) in [7, 11) is 5.48. The van der Waals surface area contributed by atoms with E-state index in [1.807, 2.05) is 31.1 Å². The molecular weight excluding hydrogens is 404 g/mol. The summed E-state index contributed by atoms with van der Waals surface area (Å²) in [6.45, 7) is 1.17. The highest BCUT2D eigenvalue weighted by molar-refractivity contribution is 6.46. The van der Waals surface area contributed by atoms with Crippen molar-refractivity contribution in [3.63, 3.8) is 0 Å². The summed E-state index contributed by atoms with van der Waals surface area (Å²) >= 11 is 5.94. The number of rotatable bonds is 7. The zero-order chi connectivity index (χ0) is 21.8. The van der Waals surface area contributed by atoms with E-state index in [0.717, 1.165) is 12.1 Å². The largest absolute Gasteiger partial charge is 0.507 e. The molecule has 0 aromatic heterocycles. The highest BCUT2D eigenvalue weighted by Crippen LogP contribution is 2.40. The number of aliphatic hydroxyl groups is 1. The number of halogens is 1. The number of ketones is 1. The Kier molecular flexibility index (Phi) is 6.80. The average molecular weight is 429 g/mol. The number of amides is 1. The zero-order valence-corrected chi connectivity index (χ0v) is 18.0. The lowest BCUT2D eigenvalue weighted by molar-refractivity contribution is -0.139. The van der Waals surface area contributed by atoms with E-state index in [9.17, 15) is 14.7 Å². The third kappa shape index (κ3) is 4.50. The smallest absolute Gasteiger partial charge is 0.295 e. The molecule has 1 aliphatic heterocycles. The number of benzene rings is 2. The molecule has 2 aromatic carbocycles. The third-order valence-corrected chi connectivity index (χ3v) is 5.35. The van der Waals surface area contributed by atoms with E-state index in [2.05, 4.69) is 0 Å². The lowest BCUT2D eigenvalue weighted by Crippen LogP contribution is -2.32. The number of carbonyl (C=O) groups is 2. The molecule has 1 N–H and O–H groups in total. The van der Waals surface area contributed by atoms with Crippen molar-refractivity contribution in [2.24, 2.45) is 0 Å². The molecule has 1 saturated heterocycles. The van der Waals surface area contributed by atoms with Crippen LogP contribution in [0.1, 0.15) is 23.6 Å². The monoisotopic (exact) mass is 428 g/mol. The van der Waals surface area contributed by atoms with Gasteiger partial charge in [-0.05, 0) is 69.0 Å². The van der Waals surface area contributed by atoms with Crippen molar-refractivity contribution in [3.8, 4) is 5.75 Å². The Hall–Kier alpha value is -2.83. The van der Waals surface area contributed by atoms with E-state index in [0.29, 0.717) is 29.3 Å². The molecule has 30 heavy (non-hydrogen) atoms. The number of aliphatic hydroxyl groups excluding tert-OH is 1. The predicted octanol–water partition coefficient (Wildman–Crippen LogP) is 3.72. The molecule has 7 heteroatoms. The molecule has 0 spiro atoms. The fourth-order valence-electron chi connectivity index (χ4n) is 3.56. The average Bonchev–Trinajstić information content (AvgIpc) is 2.98. The Morgan fingerprint density at radius 1 is 1.10 bits per heavy atom. The van der Waals surface area contributed by atoms with Crippen LogP contribution in [0.25, 0.3) is 5.76 Å². The van der Waals surface area contributed by atoms with Gasteiger partial charge in [0.25, 0.3) is 11.7 Å². The van der Waals surface area contributed by atoms with Crippen LogP contribution in [0.3, 0.4) is 0 Å². The Bertz CT molecular complexity index is 952. The number of hydrogen-bond donors (Lipinski definition) is 1. The van der Waals surface area contributed by atoms with Crippen molar-refractivity contribution < 1.29 is 19.4 Å². The molecule has 6 nitrogen and oxygen atoms in total. The molecule has 2 aromatic rings. The van der Waals surface area contributed by atoms with Crippen molar-refractivity contribution in [1.29, 1.82) is 0 Å². The second kappa shape index (κ2) is 9.32. The Morgan fingerprint density at radius 3 is 2.30 bits per heavy atom. The van der Waals surface area contributed by atoms with Crippen LogP contribution in [0.4, 0.5) is 0 Å². The van der Waals surface area contributed by atoms with Crippen LogP contribution in [0.2, 0.25) is 5.02 Å². The van der Waals surface area contributed by atoms with Crippen LogP contribution < -0.4 is 4.74 Å². The molecule has 1 aliphatic rings. The Labute approximate surface area is 181 Å². The summed E-state index contributed by atoms with van der Waals surface area (Å²) in [6.07, 6.45) is 0.702. The highest BCUT2D eigenvalue weighted by atomic mass is 35.5. The van der Waals surface area contributed by atoms with Gasteiger partial charge in [-0.1, -0.05) is 23.7 Å². The molecule has 0 bridgehead atoms. The molecule has 0 saturated carbocycles. The number of ether oxygens (including phenoxy) is 1. The van der Waals surface area contributed by atoms with Crippen molar-refractivity contribution in [2.45, 2.75) is 12.5 Å². The molecule has 1 amide bonds. The van der Waals surface area contributed by atoms with Gasteiger partial charge in [0.15, 0.2) is 0 Å². The van der Waals surface area contributed by atoms with Crippen molar-refractivity contribution in [1.82, 2.24) is 9.80 Å². The van der Waals surface area contributed by atoms with E-state index in [-0.39, 0.29) is 11.3 Å². The molecule has 0 aliphatic carbocycles. The first-order valence-corrected chi connectivity index (χ1v) is 10.0. The minimum absolute atomic E-state index is 0.0809. The summed E-state index contributed by atoms with van der Waals surface area (Å²) in [5, 5.41) is 11.5. The van der Waals surface area contributed by atoms with E-state index < -0.39 is 17.7 Å². The summed E-state index contributed by atoms with van der Waals surface area (Å²) in [4.78, 5) is 29.3. The molecule has 158 valence electrons. The highest BCUT2D eigenvalue weighted by Gasteiger charge is 2.45. The van der Waals surface area contributed by atoms with Gasteiger partial charge in [-0.3, -0.25) is 9.59 Å². The van der Waals surface area contributed by atoms with Crippen LogP contribution in [-0.4, -0.2) is 60.9 Å². The van der Waals surface area contributed by atoms with Crippen molar-refractivity contribution >= 4 is 29.1 Å². The first-order chi connectivity index (χ1) is 14.3. The zero-order valence-electron chi connectivity index (χ0n) is 17.3. The Morgan fingerprint density at radius 2 is 1.73 bits per heavy atom. The number of carbonyl (C=O) groups excluding carboxylic acids is 2. The van der Waals surface area contributed by atoms with Crippen LogP contribution >= 0.6 is 11.6 Å². The maximum absolute atomic E-state index is 12.9. The van der Waals surface area contributed by atoms with Gasteiger partial charge in [0.05, 0.1) is 18.7 Å². The fraction of sp³-hybridized carbons (Fsp3) is 0.304. The molecule has 0 radical (unpaired) electrons. The maximum Gasteiger partial charge on any atom is 0.295 e. The second-order valence-corrected chi connectivity index (χ2v) is 7.87. The predicted molar refractivity (Wildman–Crippen MR) is 117 cm³/mol. The van der Waals surface area contributed by atoms with Gasteiger partial charge in [0.1, 0.15) is 11.5 Å². The number of methoxy groups -OCH3 is 1. The van der Waals surface area contributed by atoms with Gasteiger partial charge >= 0.3 is 0 Å². The number of Topliss-reactive ketones (excluding diaryl/α,β-unsaturated/α-hetero) is 1. The van der Waals surface area contributed by atoms with Crippen LogP contribution in [0.15, 0.2) is 54.1 Å². The Balaban J connectivity index is 2.07. The van der Waals surface area contributed by atoms with E-state index in [1.165, 1.54) is 4.90 Å². The molecule has 1 atom stereocenters. The lowest BCUT2D eigenvalue weighted by atomic mass is 9.95.